The molecule has 33 rings (SSSR count). The van der Waals surface area contributed by atoms with E-state index in [1.54, 1.807) is 11.3 Å². The van der Waals surface area contributed by atoms with Gasteiger partial charge in [-0.25, -0.2) is 19.9 Å². The van der Waals surface area contributed by atoms with Gasteiger partial charge in [0.15, 0.2) is 11.6 Å². The summed E-state index contributed by atoms with van der Waals surface area (Å²) in [4.78, 5) is 21.4. The summed E-state index contributed by atoms with van der Waals surface area (Å²) in [6, 6.07) is 173. The van der Waals surface area contributed by atoms with Crippen LogP contribution in [-0.2, 0) is 0 Å². The minimum absolute atomic E-state index is 0.714. The van der Waals surface area contributed by atoms with E-state index in [9.17, 15) is 0 Å². The first kappa shape index (κ1) is 84.5. The van der Waals surface area contributed by atoms with Gasteiger partial charge < -0.3 is 13.7 Å². The van der Waals surface area contributed by atoms with E-state index < -0.39 is 0 Å². The van der Waals surface area contributed by atoms with E-state index in [0.717, 1.165) is 88.2 Å². The molecule has 0 bridgehead atoms. The predicted octanol–water partition coefficient (Wildman–Crippen LogP) is 39.5. The molecule has 0 amide bonds. The number of nitrogens with zero attached hydrogens (tertiary/aromatic N) is 7. The fourth-order valence-corrected chi connectivity index (χ4v) is 29.7. The van der Waals surface area contributed by atoms with Crippen LogP contribution in [0.1, 0.15) is 0 Å². The van der Waals surface area contributed by atoms with E-state index in [2.05, 4.69) is 493 Å². The quantitative estimate of drug-likeness (QED) is 0.135. The lowest BCUT2D eigenvalue weighted by Gasteiger charge is -2.15. The molecule has 0 aliphatic rings. The number of aromatic nitrogens is 7. The summed E-state index contributed by atoms with van der Waals surface area (Å²) in [5, 5.41) is 30.6. The first-order valence-electron chi connectivity index (χ1n) is 50.0. The van der Waals surface area contributed by atoms with Crippen LogP contribution in [0.15, 0.2) is 479 Å². The van der Waals surface area contributed by atoms with Crippen molar-refractivity contribution < 1.29 is 0 Å². The Bertz CT molecular complexity index is 11400. The average Bonchev–Trinajstić information content (AvgIpc) is 1.54. The Balaban J connectivity index is 0.000000103. The second kappa shape index (κ2) is 33.8. The van der Waals surface area contributed by atoms with Crippen LogP contribution >= 0.6 is 56.7 Å². The average molecular weight is 1970 g/mol. The fourth-order valence-electron chi connectivity index (χ4n) is 23.6. The molecule has 0 fully saturated rings. The summed E-state index contributed by atoms with van der Waals surface area (Å²) >= 11 is 9.32. The Kier molecular flexibility index (Phi) is 19.3. The van der Waals surface area contributed by atoms with Crippen LogP contribution in [0.2, 0.25) is 0 Å². The van der Waals surface area contributed by atoms with Gasteiger partial charge in [0.2, 0.25) is 0 Å². The van der Waals surface area contributed by atoms with Crippen LogP contribution in [0, 0.1) is 0 Å². The second-order valence-corrected chi connectivity index (χ2v) is 43.6. The lowest BCUT2D eigenvalue weighted by atomic mass is 9.98. The van der Waals surface area contributed by atoms with Crippen LogP contribution in [-0.4, -0.2) is 33.6 Å². The zero-order valence-corrected chi connectivity index (χ0v) is 83.4. The lowest BCUT2D eigenvalue weighted by Crippen LogP contribution is -1.99. The van der Waals surface area contributed by atoms with Crippen LogP contribution in [0.3, 0.4) is 0 Å². The molecule has 7 nitrogen and oxygen atoms in total. The van der Waals surface area contributed by atoms with Crippen molar-refractivity contribution in [3.8, 4) is 84.6 Å². The summed E-state index contributed by atoms with van der Waals surface area (Å²) in [5.74, 6) is 1.45. The molecule has 0 saturated heterocycles. The molecule has 10 aromatic heterocycles. The van der Waals surface area contributed by atoms with Crippen molar-refractivity contribution in [2.45, 2.75) is 0 Å². The number of hydrogen-bond acceptors (Lipinski definition) is 9. The molecule has 0 N–H and O–H groups in total. The number of rotatable bonds is 9. The maximum absolute atomic E-state index is 5.43. The second-order valence-electron chi connectivity index (χ2n) is 38.3. The standard InChI is InChI=1S/C52H29N3S2.C50H29N3S2.C34H21NS/c1-2-13-31(14-3-1)48-40-26-22-30-12-4-5-15-34(30)49(40)54-52(53-48)32-23-25-35-41-29-33(24-27-44(41)56-45(35)28-32)55-42-20-10-8-18-38(42)46-47-39-19-9-11-21-43(39)57-51(47)37-17-7-6-16-36(37)50(46)55;1-3-15-30(16-4-1)32-27-33(50-51-45(31-17-5-2-6-18-31)49-46(52-50)39-23-11-14-26-42(39)55-49)29-34(28-32)53-40-24-12-9-21-37(40)43-44-38-22-10-13-25-41(38)54-48(44)36-20-8-7-19-35(36)47(43)53;1-3-11-22(12-4-1)23-19-20-29-28(21-23)32-33(35(29)24-13-5-2-6-14-24)26-16-8-7-15-25(26)31-27-17-9-10-18-30(27)36-34(31)32/h1-29H;1-29H;1-21H. The van der Waals surface area contributed by atoms with Crippen LogP contribution in [0.4, 0.5) is 0 Å². The molecule has 688 valence electrons. The van der Waals surface area contributed by atoms with Crippen molar-refractivity contribution in [1.82, 2.24) is 33.6 Å². The molecule has 0 spiro atoms. The molecule has 12 heteroatoms. The highest BCUT2D eigenvalue weighted by Crippen LogP contribution is 2.55. The van der Waals surface area contributed by atoms with Crippen molar-refractivity contribution in [3.05, 3.63) is 479 Å². The van der Waals surface area contributed by atoms with Crippen LogP contribution in [0.5, 0.6) is 0 Å². The zero-order valence-electron chi connectivity index (χ0n) is 79.3. The van der Waals surface area contributed by atoms with E-state index in [4.69, 9.17) is 19.9 Å². The summed E-state index contributed by atoms with van der Waals surface area (Å²) < 4.78 is 20.3. The molecule has 33 aromatic rings. The third-order valence-electron chi connectivity index (χ3n) is 30.1. The summed E-state index contributed by atoms with van der Waals surface area (Å²) in [6.45, 7) is 0. The zero-order chi connectivity index (χ0) is 96.9. The molecule has 0 aliphatic carbocycles. The van der Waals surface area contributed by atoms with Gasteiger partial charge in [-0.05, 0) is 142 Å². The van der Waals surface area contributed by atoms with Crippen molar-refractivity contribution in [1.29, 1.82) is 0 Å². The predicted molar refractivity (Wildman–Crippen MR) is 638 cm³/mol. The molecule has 0 unspecified atom stereocenters. The van der Waals surface area contributed by atoms with Gasteiger partial charge in [-0.2, -0.15) is 0 Å². The van der Waals surface area contributed by atoms with Gasteiger partial charge in [0.05, 0.1) is 60.2 Å². The van der Waals surface area contributed by atoms with Gasteiger partial charge in [-0.3, -0.25) is 0 Å². The van der Waals surface area contributed by atoms with Gasteiger partial charge in [-0.1, -0.05) is 370 Å². The molecular formula is C136H79N7S5. The van der Waals surface area contributed by atoms with Crippen LogP contribution in [0.25, 0.3) is 305 Å². The van der Waals surface area contributed by atoms with Crippen molar-refractivity contribution in [2.75, 3.05) is 0 Å². The monoisotopic (exact) mass is 1970 g/mol. The molecule has 23 aromatic carbocycles. The maximum atomic E-state index is 5.43. The summed E-state index contributed by atoms with van der Waals surface area (Å²) in [6.07, 6.45) is 0. The van der Waals surface area contributed by atoms with Crippen LogP contribution < -0.4 is 0 Å². The minimum atomic E-state index is 0.714. The molecular weight excluding hydrogens is 1890 g/mol. The third-order valence-corrected chi connectivity index (χ3v) is 36.0. The highest BCUT2D eigenvalue weighted by molar-refractivity contribution is 7.28. The van der Waals surface area contributed by atoms with Gasteiger partial charge in [0, 0.05) is 200 Å². The van der Waals surface area contributed by atoms with E-state index in [1.807, 2.05) is 45.3 Å². The van der Waals surface area contributed by atoms with E-state index in [-0.39, 0.29) is 0 Å². The number of thiophene rings is 5. The maximum Gasteiger partial charge on any atom is 0.160 e. The molecule has 10 heterocycles. The van der Waals surface area contributed by atoms with E-state index in [0.29, 0.717) is 5.82 Å². The molecule has 0 atom stereocenters. The van der Waals surface area contributed by atoms with E-state index >= 15 is 0 Å². The van der Waals surface area contributed by atoms with Gasteiger partial charge in [0.1, 0.15) is 0 Å². The Labute approximate surface area is 867 Å². The van der Waals surface area contributed by atoms with Gasteiger partial charge in [0.25, 0.3) is 0 Å². The molecule has 148 heavy (non-hydrogen) atoms. The number of hydrogen-bond donors (Lipinski definition) is 0. The third kappa shape index (κ3) is 13.2. The van der Waals surface area contributed by atoms with E-state index in [1.165, 1.54) is 211 Å². The normalized spacial score (nSPS) is 12.1. The largest absolute Gasteiger partial charge is 0.309 e. The van der Waals surface area contributed by atoms with Gasteiger partial charge >= 0.3 is 0 Å². The smallest absolute Gasteiger partial charge is 0.160 e. The Hall–Kier alpha value is -18.0. The van der Waals surface area contributed by atoms with Crippen molar-refractivity contribution in [3.63, 3.8) is 0 Å². The highest BCUT2D eigenvalue weighted by Gasteiger charge is 2.30. The Morgan fingerprint density at radius 3 is 1.18 bits per heavy atom. The fraction of sp³-hybridized carbons (Fsp3) is 0. The SMILES string of the molecule is c1ccc(-c2cc(-c3nc(-c4ccccc4)c4sc5ccccc5c4n3)cc(-n3c4ccccc4c4c5c6ccccc6sc5c5ccccc5c43)c2)cc1.c1ccc(-c2ccc3c(c2)c2c4sc5ccccc5c4c4ccccc4c2n3-c2ccccc2)cc1.c1ccc(-c2nc(-c3ccc4c(c3)sc3ccc(-n5c6ccccc6c6c7c8ccccc8sc7c7ccccc7c65)cc34)nc3c2ccc2ccccc23)cc1. The highest BCUT2D eigenvalue weighted by atomic mass is 32.1. The number of benzene rings is 23. The number of para-hydroxylation sites is 3. The first-order chi connectivity index (χ1) is 73.4. The first-order valence-corrected chi connectivity index (χ1v) is 54.1. The Morgan fingerprint density at radius 1 is 0.155 bits per heavy atom. The lowest BCUT2D eigenvalue weighted by molar-refractivity contribution is 1.18. The van der Waals surface area contributed by atoms with Gasteiger partial charge in [-0.15, -0.1) is 56.7 Å². The molecule has 0 radical (unpaired) electrons. The minimum Gasteiger partial charge on any atom is -0.309 e. The summed E-state index contributed by atoms with van der Waals surface area (Å²) in [5.41, 5.74) is 23.6. The topological polar surface area (TPSA) is 66.3 Å². The van der Waals surface area contributed by atoms with Crippen molar-refractivity contribution >= 4 is 277 Å². The molecule has 0 saturated carbocycles. The van der Waals surface area contributed by atoms with Crippen molar-refractivity contribution in [2.24, 2.45) is 0 Å². The Morgan fingerprint density at radius 2 is 0.568 bits per heavy atom. The number of fused-ring (bicyclic) bond motifs is 39. The summed E-state index contributed by atoms with van der Waals surface area (Å²) in [7, 11) is 0. The molecule has 0 aliphatic heterocycles.